The first-order valence-electron chi connectivity index (χ1n) is 33.6. The van der Waals surface area contributed by atoms with Crippen molar-refractivity contribution in [3.05, 3.63) is 182 Å². The molecule has 534 valence electrons. The largest absolute Gasteiger partial charge is 0.493 e. The van der Waals surface area contributed by atoms with Gasteiger partial charge in [-0.2, -0.15) is 0 Å². The maximum absolute atomic E-state index is 13.0. The van der Waals surface area contributed by atoms with Crippen LogP contribution in [0.3, 0.4) is 0 Å². The van der Waals surface area contributed by atoms with Gasteiger partial charge in [-0.25, -0.2) is 24.5 Å². The summed E-state index contributed by atoms with van der Waals surface area (Å²) in [6, 6.07) is 32.7. The first-order valence-corrected chi connectivity index (χ1v) is 33.6. The Bertz CT molecular complexity index is 4650. The molecule has 2 amide bonds. The first-order chi connectivity index (χ1) is 48.3. The molecular weight excluding hydrogens is 1290 g/mol. The molecule has 2 saturated heterocycles. The highest BCUT2D eigenvalue weighted by atomic mass is 16.6. The predicted molar refractivity (Wildman–Crippen MR) is 387 cm³/mol. The summed E-state index contributed by atoms with van der Waals surface area (Å²) < 4.78 is 52.1. The van der Waals surface area contributed by atoms with Crippen molar-refractivity contribution >= 4 is 40.7 Å². The first kappa shape index (κ1) is 74.5. The van der Waals surface area contributed by atoms with E-state index in [1.807, 2.05) is 127 Å². The van der Waals surface area contributed by atoms with Crippen LogP contribution in [0, 0.1) is 0 Å². The molecule has 0 unspecified atom stereocenters. The van der Waals surface area contributed by atoms with Crippen molar-refractivity contribution in [2.24, 2.45) is 0 Å². The normalized spacial score (nSPS) is 14.2. The van der Waals surface area contributed by atoms with Crippen molar-refractivity contribution < 1.29 is 57.0 Å². The average molecular weight is 1380 g/mol. The monoisotopic (exact) mass is 1380 g/mol. The molecule has 3 aliphatic heterocycles. The Balaban J connectivity index is 0.000000170. The fraction of sp³-hybridized carbons (Fsp3) is 0.390. The number of methoxy groups -OCH3 is 6. The van der Waals surface area contributed by atoms with E-state index in [2.05, 4.69) is 31.1 Å². The lowest BCUT2D eigenvalue weighted by Crippen LogP contribution is -2.41. The van der Waals surface area contributed by atoms with E-state index in [1.54, 1.807) is 103 Å². The van der Waals surface area contributed by atoms with E-state index in [0.717, 1.165) is 72.2 Å². The fourth-order valence-corrected chi connectivity index (χ4v) is 11.9. The standard InChI is InChI=1S/C26H31N3O5.C26H29N3O5.C21H23N3O3.C4H8O2/c2*1-26(2,3)34-25(31)28-12-10-17(11-13-28)19-7-9-23-27-20(15-24(30)29(23)16-19)18-6-8-21(32-4)22(14-18)33-5;1-26-18-5-3-15(11-19(18)27-2)17-12-21(25)24-13-16(4-6-20(24)23-17)14-7-9-22-10-8-14;1-3-6-4(2)5/h6-9,14-17H,10-13H2,1-5H3;6-10,14-16H,11-13H2,1-5H3;3-6,11-14,22H,7-10H2,1-2H3;3H2,1-2H3. The van der Waals surface area contributed by atoms with Crippen LogP contribution in [0.5, 0.6) is 34.5 Å². The minimum Gasteiger partial charge on any atom is -0.493 e. The van der Waals surface area contributed by atoms with Crippen molar-refractivity contribution in [1.29, 1.82) is 0 Å². The summed E-state index contributed by atoms with van der Waals surface area (Å²) >= 11 is 0. The number of piperidine rings is 2. The quantitative estimate of drug-likeness (QED) is 0.0831. The molecule has 9 aromatic rings. The van der Waals surface area contributed by atoms with Crippen molar-refractivity contribution in [3.8, 4) is 68.3 Å². The lowest BCUT2D eigenvalue weighted by Gasteiger charge is -2.33. The molecular formula is C77H91N9O15. The topological polar surface area (TPSA) is 256 Å². The van der Waals surface area contributed by atoms with Gasteiger partial charge in [-0.15, -0.1) is 0 Å². The average Bonchev–Trinajstić information content (AvgIpc) is 0.794. The van der Waals surface area contributed by atoms with Gasteiger partial charge in [0.05, 0.1) is 66.3 Å². The van der Waals surface area contributed by atoms with Crippen molar-refractivity contribution in [2.45, 2.75) is 111 Å². The number of benzene rings is 3. The van der Waals surface area contributed by atoms with Gasteiger partial charge in [-0.1, -0.05) is 18.2 Å². The SMILES string of the molecule is CCOC(C)=O.COc1ccc(-c2cc(=O)n3cc(C4=CCN(C(=O)OC(C)(C)C)CC4)ccc3n2)cc1OC.COc1ccc(-c2cc(=O)n3cc(C4CCN(C(=O)OC(C)(C)C)CC4)ccc3n2)cc1OC.COc1ccc(-c2cc(=O)n3cc(C4CCNCC4)ccc3n2)cc1OC. The number of esters is 1. The molecule has 24 nitrogen and oxygen atoms in total. The maximum atomic E-state index is 13.0. The van der Waals surface area contributed by atoms with E-state index in [1.165, 1.54) is 24.6 Å². The molecule has 6 aromatic heterocycles. The number of nitrogens with zero attached hydrogens (tertiary/aromatic N) is 8. The number of hydrogen-bond acceptors (Lipinski definition) is 19. The van der Waals surface area contributed by atoms with Gasteiger partial charge in [0.15, 0.2) is 34.5 Å². The summed E-state index contributed by atoms with van der Waals surface area (Å²) in [5.41, 5.74) is 8.71. The highest BCUT2D eigenvalue weighted by Crippen LogP contribution is 2.36. The van der Waals surface area contributed by atoms with Gasteiger partial charge in [-0.05, 0) is 207 Å². The number of pyridine rings is 3. The smallest absolute Gasteiger partial charge is 0.410 e. The second kappa shape index (κ2) is 33.4. The Kier molecular flexibility index (Phi) is 24.6. The second-order valence-corrected chi connectivity index (χ2v) is 26.3. The highest BCUT2D eigenvalue weighted by molar-refractivity contribution is 5.74. The molecule has 3 aromatic carbocycles. The van der Waals surface area contributed by atoms with Gasteiger partial charge < -0.3 is 57.7 Å². The number of fused-ring (bicyclic) bond motifs is 3. The third kappa shape index (κ3) is 19.2. The zero-order valence-corrected chi connectivity index (χ0v) is 60.0. The minimum absolute atomic E-state index is 0.0828. The molecule has 2 fully saturated rings. The number of hydrogen-bond donors (Lipinski definition) is 1. The van der Waals surface area contributed by atoms with Gasteiger partial charge in [0, 0.05) is 86.6 Å². The molecule has 0 saturated carbocycles. The number of aromatic nitrogens is 6. The third-order valence-electron chi connectivity index (χ3n) is 17.1. The Morgan fingerprint density at radius 3 is 1.20 bits per heavy atom. The molecule has 12 rings (SSSR count). The van der Waals surface area contributed by atoms with Gasteiger partial charge in [0.1, 0.15) is 28.1 Å². The number of rotatable bonds is 13. The lowest BCUT2D eigenvalue weighted by molar-refractivity contribution is -0.140. The van der Waals surface area contributed by atoms with Crippen LogP contribution in [0.2, 0.25) is 0 Å². The van der Waals surface area contributed by atoms with Crippen LogP contribution in [0.4, 0.5) is 9.59 Å². The Labute approximate surface area is 587 Å². The van der Waals surface area contributed by atoms with Gasteiger partial charge >= 0.3 is 18.2 Å². The van der Waals surface area contributed by atoms with E-state index in [4.69, 9.17) is 37.9 Å². The number of carbonyl (C=O) groups excluding carboxylic acids is 3. The van der Waals surface area contributed by atoms with E-state index < -0.39 is 11.2 Å². The van der Waals surface area contributed by atoms with E-state index in [9.17, 15) is 28.8 Å². The number of likely N-dealkylation sites (tertiary alicyclic amines) is 1. The lowest BCUT2D eigenvalue weighted by atomic mass is 9.90. The fourth-order valence-electron chi connectivity index (χ4n) is 11.9. The van der Waals surface area contributed by atoms with Crippen molar-refractivity contribution in [1.82, 2.24) is 43.3 Å². The molecule has 24 heteroatoms. The summed E-state index contributed by atoms with van der Waals surface area (Å²) in [7, 11) is 9.48. The van der Waals surface area contributed by atoms with Crippen LogP contribution >= 0.6 is 0 Å². The van der Waals surface area contributed by atoms with Crippen LogP contribution in [0.1, 0.15) is 116 Å². The van der Waals surface area contributed by atoms with E-state index in [0.29, 0.717) is 114 Å². The van der Waals surface area contributed by atoms with Gasteiger partial charge in [-0.3, -0.25) is 32.4 Å². The Morgan fingerprint density at radius 1 is 0.465 bits per heavy atom. The zero-order chi connectivity index (χ0) is 72.7. The number of amides is 2. The molecule has 0 radical (unpaired) electrons. The van der Waals surface area contributed by atoms with Crippen LogP contribution in [0.15, 0.2) is 148 Å². The Hall–Kier alpha value is -10.8. The number of ether oxygens (including phenoxy) is 9. The van der Waals surface area contributed by atoms with Crippen LogP contribution in [-0.4, -0.2) is 156 Å². The van der Waals surface area contributed by atoms with Crippen LogP contribution < -0.4 is 50.4 Å². The minimum atomic E-state index is -0.524. The van der Waals surface area contributed by atoms with Crippen molar-refractivity contribution in [2.75, 3.05) is 88.5 Å². The van der Waals surface area contributed by atoms with Crippen LogP contribution in [0.25, 0.3) is 56.3 Å². The molecule has 0 spiro atoms. The van der Waals surface area contributed by atoms with E-state index in [-0.39, 0.29) is 40.8 Å². The predicted octanol–water partition coefficient (Wildman–Crippen LogP) is 12.3. The Morgan fingerprint density at radius 2 is 0.842 bits per heavy atom. The molecule has 0 aliphatic carbocycles. The van der Waals surface area contributed by atoms with E-state index >= 15 is 0 Å². The third-order valence-corrected chi connectivity index (χ3v) is 17.1. The summed E-state index contributed by atoms with van der Waals surface area (Å²) in [6.45, 7) is 19.2. The summed E-state index contributed by atoms with van der Waals surface area (Å²) in [6.07, 6.45) is 11.5. The summed E-state index contributed by atoms with van der Waals surface area (Å²) in [4.78, 5) is 90.6. The molecule has 3 aliphatic rings. The van der Waals surface area contributed by atoms with Crippen molar-refractivity contribution in [3.63, 3.8) is 0 Å². The van der Waals surface area contributed by atoms with Gasteiger partial charge in [0.25, 0.3) is 16.7 Å². The number of nitrogens with one attached hydrogen (secondary N) is 1. The molecule has 9 heterocycles. The summed E-state index contributed by atoms with van der Waals surface area (Å²) in [5, 5.41) is 3.38. The molecule has 0 atom stereocenters. The van der Waals surface area contributed by atoms with Gasteiger partial charge in [0.2, 0.25) is 0 Å². The summed E-state index contributed by atoms with van der Waals surface area (Å²) in [5.74, 6) is 4.18. The molecule has 0 bridgehead atoms. The molecule has 101 heavy (non-hydrogen) atoms. The maximum Gasteiger partial charge on any atom is 0.410 e. The second-order valence-electron chi connectivity index (χ2n) is 26.3. The number of carbonyl (C=O) groups is 3. The molecule has 1 N–H and O–H groups in total. The zero-order valence-electron chi connectivity index (χ0n) is 60.0. The highest BCUT2D eigenvalue weighted by Gasteiger charge is 2.29. The van der Waals surface area contributed by atoms with Crippen LogP contribution in [-0.2, 0) is 19.0 Å².